The van der Waals surface area contributed by atoms with Crippen LogP contribution >= 0.6 is 0 Å². The third kappa shape index (κ3) is 5.95. The van der Waals surface area contributed by atoms with Crippen molar-refractivity contribution >= 4 is 28.1 Å². The Kier molecular flexibility index (Phi) is 8.48. The first kappa shape index (κ1) is 31.6. The number of hydrogen-bond donors (Lipinski definition) is 0. The highest BCUT2D eigenvalue weighted by Gasteiger charge is 2.31. The summed E-state index contributed by atoms with van der Waals surface area (Å²) in [5.74, 6) is 0.405. The van der Waals surface area contributed by atoms with E-state index in [0.29, 0.717) is 5.92 Å². The lowest BCUT2D eigenvalue weighted by Gasteiger charge is -2.27. The van der Waals surface area contributed by atoms with Gasteiger partial charge in [0.15, 0.2) is 0 Å². The Morgan fingerprint density at radius 3 is 2.42 bits per heavy atom. The lowest BCUT2D eigenvalue weighted by Crippen LogP contribution is -2.23. The molecule has 238 valence electrons. The molecule has 48 heavy (non-hydrogen) atoms. The Morgan fingerprint density at radius 1 is 0.875 bits per heavy atom. The molecule has 1 heteroatoms. The van der Waals surface area contributed by atoms with Crippen molar-refractivity contribution in [1.29, 1.82) is 0 Å². The van der Waals surface area contributed by atoms with Gasteiger partial charge in [0.05, 0.1) is 5.70 Å². The molecule has 0 heterocycles. The van der Waals surface area contributed by atoms with Gasteiger partial charge in [-0.15, -0.1) is 0 Å². The van der Waals surface area contributed by atoms with Gasteiger partial charge in [-0.25, -0.2) is 0 Å². The number of rotatable bonds is 7. The molecule has 0 aromatic heterocycles. The van der Waals surface area contributed by atoms with Crippen molar-refractivity contribution < 1.29 is 0 Å². The van der Waals surface area contributed by atoms with Crippen LogP contribution in [0.4, 0.5) is 0 Å². The van der Waals surface area contributed by atoms with E-state index in [4.69, 9.17) is 4.99 Å². The highest BCUT2D eigenvalue weighted by atomic mass is 14.8. The summed E-state index contributed by atoms with van der Waals surface area (Å²) in [6, 6.07) is 33.0. The predicted molar refractivity (Wildman–Crippen MR) is 208 cm³/mol. The number of hydrogen-bond acceptors (Lipinski definition) is 1. The summed E-state index contributed by atoms with van der Waals surface area (Å²) in [7, 11) is 0. The maximum absolute atomic E-state index is 5.29. The van der Waals surface area contributed by atoms with Gasteiger partial charge in [-0.3, -0.25) is 4.99 Å². The first-order valence-corrected chi connectivity index (χ1v) is 17.3. The van der Waals surface area contributed by atoms with Crippen LogP contribution in [-0.4, -0.2) is 5.71 Å². The van der Waals surface area contributed by atoms with Gasteiger partial charge in [-0.1, -0.05) is 136 Å². The van der Waals surface area contributed by atoms with Crippen LogP contribution in [-0.2, 0) is 6.42 Å². The monoisotopic (exact) mass is 623 g/mol. The number of nitrogens with zero attached hydrogens (tertiary/aromatic N) is 1. The SMILES string of the molecule is C=C(/C=C(\N=C(C)C1(C)C=CC=CC1)c1ccccc1)c1cccc2c1C1=C(C=C(c3ccc(C)c(-c4ccccc4C)c3)CC1C)C2. The van der Waals surface area contributed by atoms with Crippen LogP contribution in [0, 0.1) is 25.2 Å². The van der Waals surface area contributed by atoms with Gasteiger partial charge in [-0.05, 0) is 125 Å². The van der Waals surface area contributed by atoms with Crippen molar-refractivity contribution in [2.24, 2.45) is 16.3 Å². The fourth-order valence-electron chi connectivity index (χ4n) is 7.71. The van der Waals surface area contributed by atoms with Gasteiger partial charge < -0.3 is 0 Å². The molecule has 2 atom stereocenters. The molecule has 0 fully saturated rings. The van der Waals surface area contributed by atoms with Crippen molar-refractivity contribution in [3.63, 3.8) is 0 Å². The quantitative estimate of drug-likeness (QED) is 0.143. The minimum Gasteiger partial charge on any atom is -0.257 e. The molecule has 4 aromatic rings. The van der Waals surface area contributed by atoms with Crippen LogP contribution in [0.25, 0.3) is 33.5 Å². The van der Waals surface area contributed by atoms with Crippen molar-refractivity contribution in [1.82, 2.24) is 0 Å². The van der Waals surface area contributed by atoms with E-state index in [0.717, 1.165) is 41.8 Å². The van der Waals surface area contributed by atoms with Crippen LogP contribution in [0.2, 0.25) is 0 Å². The number of aryl methyl sites for hydroxylation is 2. The molecule has 0 saturated heterocycles. The maximum Gasteiger partial charge on any atom is 0.0707 e. The first-order valence-electron chi connectivity index (χ1n) is 17.3. The van der Waals surface area contributed by atoms with Crippen LogP contribution in [0.3, 0.4) is 0 Å². The summed E-state index contributed by atoms with van der Waals surface area (Å²) >= 11 is 0. The average Bonchev–Trinajstić information content (AvgIpc) is 3.48. The summed E-state index contributed by atoms with van der Waals surface area (Å²) in [4.78, 5) is 5.29. The molecule has 0 N–H and O–H groups in total. The van der Waals surface area contributed by atoms with Gasteiger partial charge >= 0.3 is 0 Å². The Morgan fingerprint density at radius 2 is 1.65 bits per heavy atom. The molecular weight excluding hydrogens is 579 g/mol. The highest BCUT2D eigenvalue weighted by Crippen LogP contribution is 2.49. The fraction of sp³-hybridized carbons (Fsp3) is 0.213. The van der Waals surface area contributed by atoms with Gasteiger partial charge in [0.2, 0.25) is 0 Å². The average molecular weight is 624 g/mol. The van der Waals surface area contributed by atoms with Gasteiger partial charge in [0, 0.05) is 16.7 Å². The minimum absolute atomic E-state index is 0.0998. The molecule has 2 unspecified atom stereocenters. The van der Waals surface area contributed by atoms with E-state index in [2.05, 4.69) is 169 Å². The van der Waals surface area contributed by atoms with Crippen LogP contribution < -0.4 is 0 Å². The zero-order chi connectivity index (χ0) is 33.4. The molecule has 0 radical (unpaired) electrons. The molecule has 0 bridgehead atoms. The molecular formula is C47H45N. The van der Waals surface area contributed by atoms with Gasteiger partial charge in [-0.2, -0.15) is 0 Å². The van der Waals surface area contributed by atoms with Crippen LogP contribution in [0.5, 0.6) is 0 Å². The minimum atomic E-state index is -0.0998. The summed E-state index contributed by atoms with van der Waals surface area (Å²) in [6.07, 6.45) is 16.4. The third-order valence-corrected chi connectivity index (χ3v) is 10.7. The van der Waals surface area contributed by atoms with Gasteiger partial charge in [0.25, 0.3) is 0 Å². The van der Waals surface area contributed by atoms with Crippen LogP contribution in [0.1, 0.15) is 72.6 Å². The van der Waals surface area contributed by atoms with E-state index in [1.165, 1.54) is 61.2 Å². The zero-order valence-corrected chi connectivity index (χ0v) is 29.0. The normalized spacial score (nSPS) is 20.4. The molecule has 1 nitrogen and oxygen atoms in total. The standard InChI is InChI=1S/C47H45N/c1-31-16-11-12-20-41(31)43-30-37(23-22-32(43)2)39-26-34(4)45-40(29-39)28-38-19-15-21-42(46(38)45)33(3)27-44(36-17-9-7-10-18-36)48-35(5)47(6)24-13-8-14-25-47/h7-24,27,29-30,34H,3,25-26,28H2,1-2,4-6H3/b44-27-,48-35?. The Balaban J connectivity index is 1.27. The maximum atomic E-state index is 5.29. The first-order chi connectivity index (χ1) is 23.2. The molecule has 0 spiro atoms. The molecule has 0 saturated carbocycles. The molecule has 0 amide bonds. The van der Waals surface area contributed by atoms with Crippen molar-refractivity contribution in [2.45, 2.75) is 53.9 Å². The van der Waals surface area contributed by atoms with E-state index in [-0.39, 0.29) is 5.41 Å². The van der Waals surface area contributed by atoms with Crippen LogP contribution in [0.15, 0.2) is 145 Å². The Labute approximate surface area is 287 Å². The van der Waals surface area contributed by atoms with E-state index in [1.54, 1.807) is 0 Å². The number of benzene rings is 4. The summed E-state index contributed by atoms with van der Waals surface area (Å²) < 4.78 is 0. The lowest BCUT2D eigenvalue weighted by atomic mass is 9.79. The Bertz CT molecular complexity index is 2110. The molecule has 4 aromatic carbocycles. The molecule has 3 aliphatic carbocycles. The van der Waals surface area contributed by atoms with Crippen molar-refractivity contribution in [2.75, 3.05) is 0 Å². The van der Waals surface area contributed by atoms with E-state index in [9.17, 15) is 0 Å². The number of aliphatic imine (C=N–C) groups is 1. The highest BCUT2D eigenvalue weighted by molar-refractivity contribution is 5.98. The lowest BCUT2D eigenvalue weighted by molar-refractivity contribution is 0.598. The van der Waals surface area contributed by atoms with E-state index < -0.39 is 0 Å². The topological polar surface area (TPSA) is 12.4 Å². The fourth-order valence-corrected chi connectivity index (χ4v) is 7.71. The van der Waals surface area contributed by atoms with Gasteiger partial charge in [0.1, 0.15) is 0 Å². The Hall–Kier alpha value is -5.01. The second-order valence-corrected chi connectivity index (χ2v) is 14.1. The molecule has 0 aliphatic heterocycles. The number of allylic oxidation sites excluding steroid dienone is 10. The van der Waals surface area contributed by atoms with E-state index in [1.807, 2.05) is 0 Å². The van der Waals surface area contributed by atoms with Crippen molar-refractivity contribution in [3.05, 3.63) is 179 Å². The second kappa shape index (κ2) is 12.9. The molecule has 7 rings (SSSR count). The summed E-state index contributed by atoms with van der Waals surface area (Å²) in [6.45, 7) is 15.9. The van der Waals surface area contributed by atoms with E-state index >= 15 is 0 Å². The predicted octanol–water partition coefficient (Wildman–Crippen LogP) is 12.4. The largest absolute Gasteiger partial charge is 0.257 e. The third-order valence-electron chi connectivity index (χ3n) is 10.7. The number of fused-ring (bicyclic) bond motifs is 2. The summed E-state index contributed by atoms with van der Waals surface area (Å²) in [5.41, 5.74) is 19.0. The smallest absolute Gasteiger partial charge is 0.0707 e. The second-order valence-electron chi connectivity index (χ2n) is 14.1. The zero-order valence-electron chi connectivity index (χ0n) is 29.0. The van der Waals surface area contributed by atoms with Crippen molar-refractivity contribution in [3.8, 4) is 11.1 Å². The summed E-state index contributed by atoms with van der Waals surface area (Å²) in [5, 5.41) is 0. The molecule has 3 aliphatic rings.